The van der Waals surface area contributed by atoms with E-state index in [2.05, 4.69) is 6.92 Å². The predicted molar refractivity (Wildman–Crippen MR) is 51.8 cm³/mol. The molecule has 0 N–H and O–H groups in total. The van der Waals surface area contributed by atoms with Gasteiger partial charge in [-0.3, -0.25) is 0 Å². The van der Waals surface area contributed by atoms with E-state index in [0.29, 0.717) is 0 Å². The second-order valence-corrected chi connectivity index (χ2v) is 4.47. The van der Waals surface area contributed by atoms with Gasteiger partial charge in [-0.25, -0.2) is 4.79 Å². The minimum absolute atomic E-state index is 0.168. The van der Waals surface area contributed by atoms with Gasteiger partial charge in [0.2, 0.25) is 0 Å². The lowest BCUT2D eigenvalue weighted by atomic mass is 9.63. The first-order valence-corrected chi connectivity index (χ1v) is 4.98. The number of fused-ring (bicyclic) bond motifs is 1. The molecule has 0 unspecified atom stereocenters. The number of methoxy groups -OCH3 is 1. The summed E-state index contributed by atoms with van der Waals surface area (Å²) in [4.78, 5) is 11.3. The fourth-order valence-corrected chi connectivity index (χ4v) is 2.45. The highest BCUT2D eigenvalue weighted by Gasteiger charge is 2.52. The van der Waals surface area contributed by atoms with Crippen molar-refractivity contribution in [3.63, 3.8) is 0 Å². The van der Waals surface area contributed by atoms with E-state index in [1.807, 2.05) is 6.92 Å². The van der Waals surface area contributed by atoms with Crippen LogP contribution in [0.5, 0.6) is 0 Å². The van der Waals surface area contributed by atoms with Crippen LogP contribution in [-0.2, 0) is 14.3 Å². The summed E-state index contributed by atoms with van der Waals surface area (Å²) in [5, 5.41) is 0. The molecule has 1 aliphatic heterocycles. The van der Waals surface area contributed by atoms with Gasteiger partial charge in [-0.1, -0.05) is 6.92 Å². The van der Waals surface area contributed by atoms with Gasteiger partial charge in [0.15, 0.2) is 0 Å². The van der Waals surface area contributed by atoms with Crippen LogP contribution in [-0.4, -0.2) is 25.8 Å². The summed E-state index contributed by atoms with van der Waals surface area (Å²) in [6.45, 7) is 4.86. The molecule has 14 heavy (non-hydrogen) atoms. The topological polar surface area (TPSA) is 35.5 Å². The van der Waals surface area contributed by atoms with Crippen LogP contribution >= 0.6 is 0 Å². The molecule has 0 amide bonds. The maximum Gasteiger partial charge on any atom is 0.333 e. The Balaban J connectivity index is 2.19. The molecule has 3 heteroatoms. The molecular formula is C11H16O3. The van der Waals surface area contributed by atoms with Crippen molar-refractivity contribution >= 4 is 5.97 Å². The number of esters is 1. The molecule has 0 bridgehead atoms. The molecule has 2 aliphatic rings. The molecule has 78 valence electrons. The Morgan fingerprint density at radius 1 is 1.64 bits per heavy atom. The fraction of sp³-hybridized carbons (Fsp3) is 0.727. The number of hydrogen-bond donors (Lipinski definition) is 0. The first-order chi connectivity index (χ1) is 6.58. The van der Waals surface area contributed by atoms with Gasteiger partial charge in [-0.15, -0.1) is 0 Å². The Kier molecular flexibility index (Phi) is 2.14. The Morgan fingerprint density at radius 3 is 2.93 bits per heavy atom. The van der Waals surface area contributed by atoms with E-state index in [4.69, 9.17) is 9.47 Å². The molecule has 1 heterocycles. The molecule has 1 saturated heterocycles. The second kappa shape index (κ2) is 3.09. The molecule has 0 aromatic carbocycles. The van der Waals surface area contributed by atoms with Crippen molar-refractivity contribution in [1.29, 1.82) is 0 Å². The molecule has 0 aromatic heterocycles. The molecule has 0 radical (unpaired) electrons. The normalized spacial score (nSPS) is 38.6. The van der Waals surface area contributed by atoms with E-state index in [9.17, 15) is 4.79 Å². The van der Waals surface area contributed by atoms with Gasteiger partial charge in [-0.2, -0.15) is 0 Å². The van der Waals surface area contributed by atoms with Crippen LogP contribution in [0.1, 0.15) is 26.7 Å². The number of carbonyl (C=O) groups is 1. The lowest BCUT2D eigenvalue weighted by Crippen LogP contribution is -2.42. The summed E-state index contributed by atoms with van der Waals surface area (Å²) < 4.78 is 10.3. The van der Waals surface area contributed by atoms with Crippen LogP contribution in [0.3, 0.4) is 0 Å². The quantitative estimate of drug-likeness (QED) is 0.473. The summed E-state index contributed by atoms with van der Waals surface area (Å²) in [6, 6.07) is 0. The zero-order valence-electron chi connectivity index (χ0n) is 8.92. The first kappa shape index (κ1) is 9.71. The second-order valence-electron chi connectivity index (χ2n) is 4.47. The monoisotopic (exact) mass is 196 g/mol. The molecular weight excluding hydrogens is 180 g/mol. The standard InChI is InChI=1S/C11H16O3/c1-7(10(12)13-3)8-6-11(2)4-5-14-9(8)11/h9H,4-6H2,1-3H3/b8-7+/t9-,11+/m1/s1. The van der Waals surface area contributed by atoms with Crippen molar-refractivity contribution in [2.24, 2.45) is 5.41 Å². The Bertz CT molecular complexity index is 306. The zero-order chi connectivity index (χ0) is 10.3. The van der Waals surface area contributed by atoms with Gasteiger partial charge < -0.3 is 9.47 Å². The van der Waals surface area contributed by atoms with E-state index in [0.717, 1.165) is 30.6 Å². The van der Waals surface area contributed by atoms with Crippen LogP contribution in [0.15, 0.2) is 11.1 Å². The highest BCUT2D eigenvalue weighted by atomic mass is 16.5. The Morgan fingerprint density at radius 2 is 2.36 bits per heavy atom. The average Bonchev–Trinajstić information content (AvgIpc) is 2.44. The molecule has 3 nitrogen and oxygen atoms in total. The average molecular weight is 196 g/mol. The lowest BCUT2D eigenvalue weighted by molar-refractivity contribution is -0.136. The highest BCUT2D eigenvalue weighted by molar-refractivity contribution is 5.89. The van der Waals surface area contributed by atoms with Gasteiger partial charge >= 0.3 is 5.97 Å². The van der Waals surface area contributed by atoms with Gasteiger partial charge in [-0.05, 0) is 25.3 Å². The van der Waals surface area contributed by atoms with Gasteiger partial charge in [0.05, 0.1) is 13.2 Å². The summed E-state index contributed by atoms with van der Waals surface area (Å²) in [5.41, 5.74) is 2.15. The number of ether oxygens (including phenoxy) is 2. The third kappa shape index (κ3) is 1.19. The van der Waals surface area contributed by atoms with Crippen molar-refractivity contribution < 1.29 is 14.3 Å². The minimum atomic E-state index is -0.224. The summed E-state index contributed by atoms with van der Waals surface area (Å²) >= 11 is 0. The van der Waals surface area contributed by atoms with Crippen molar-refractivity contribution in [2.75, 3.05) is 13.7 Å². The van der Waals surface area contributed by atoms with Crippen LogP contribution in [0.2, 0.25) is 0 Å². The smallest absolute Gasteiger partial charge is 0.333 e. The van der Waals surface area contributed by atoms with E-state index in [-0.39, 0.29) is 17.5 Å². The van der Waals surface area contributed by atoms with Gasteiger partial charge in [0.1, 0.15) is 0 Å². The largest absolute Gasteiger partial charge is 0.466 e. The molecule has 2 atom stereocenters. The Hall–Kier alpha value is -0.830. The van der Waals surface area contributed by atoms with Crippen molar-refractivity contribution in [3.05, 3.63) is 11.1 Å². The highest BCUT2D eigenvalue weighted by Crippen LogP contribution is 2.54. The van der Waals surface area contributed by atoms with Crippen molar-refractivity contribution in [2.45, 2.75) is 32.8 Å². The fourth-order valence-electron chi connectivity index (χ4n) is 2.45. The third-order valence-electron chi connectivity index (χ3n) is 3.47. The van der Waals surface area contributed by atoms with Crippen molar-refractivity contribution in [3.8, 4) is 0 Å². The molecule has 2 rings (SSSR count). The van der Waals surface area contributed by atoms with E-state index < -0.39 is 0 Å². The first-order valence-electron chi connectivity index (χ1n) is 4.98. The molecule has 2 fully saturated rings. The van der Waals surface area contributed by atoms with Crippen LogP contribution in [0, 0.1) is 5.41 Å². The summed E-state index contributed by atoms with van der Waals surface area (Å²) in [5.74, 6) is -0.224. The van der Waals surface area contributed by atoms with Crippen LogP contribution in [0.4, 0.5) is 0 Å². The van der Waals surface area contributed by atoms with Crippen LogP contribution < -0.4 is 0 Å². The van der Waals surface area contributed by atoms with E-state index in [1.165, 1.54) is 7.11 Å². The van der Waals surface area contributed by atoms with Gasteiger partial charge in [0, 0.05) is 17.6 Å². The lowest BCUT2D eigenvalue weighted by Gasteiger charge is -2.43. The van der Waals surface area contributed by atoms with E-state index in [1.54, 1.807) is 0 Å². The summed E-state index contributed by atoms with van der Waals surface area (Å²) in [6.07, 6.45) is 2.26. The predicted octanol–water partition coefficient (Wildman–Crippen LogP) is 1.67. The maximum atomic E-state index is 11.3. The number of carbonyl (C=O) groups excluding carboxylic acids is 1. The maximum absolute atomic E-state index is 11.3. The van der Waals surface area contributed by atoms with E-state index >= 15 is 0 Å². The molecule has 0 aromatic rings. The molecule has 1 saturated carbocycles. The van der Waals surface area contributed by atoms with Crippen LogP contribution in [0.25, 0.3) is 0 Å². The summed E-state index contributed by atoms with van der Waals surface area (Å²) in [7, 11) is 1.42. The number of rotatable bonds is 1. The van der Waals surface area contributed by atoms with Gasteiger partial charge in [0.25, 0.3) is 0 Å². The third-order valence-corrected chi connectivity index (χ3v) is 3.47. The SMILES string of the molecule is COC(=O)/C(C)=C1\C[C@]2(C)CCO[C@H]12. The number of hydrogen-bond acceptors (Lipinski definition) is 3. The Labute approximate surface area is 84.1 Å². The molecule has 0 spiro atoms. The molecule has 1 aliphatic carbocycles. The minimum Gasteiger partial charge on any atom is -0.466 e. The zero-order valence-corrected chi connectivity index (χ0v) is 8.92. The van der Waals surface area contributed by atoms with Crippen molar-refractivity contribution in [1.82, 2.24) is 0 Å².